The Hall–Kier alpha value is -1.56. The Kier molecular flexibility index (Phi) is 6.45. The topological polar surface area (TPSA) is 50.2 Å². The Morgan fingerprint density at radius 3 is 2.74 bits per heavy atom. The first-order valence-corrected chi connectivity index (χ1v) is 8.30. The molecule has 124 valence electrons. The van der Waals surface area contributed by atoms with Gasteiger partial charge in [-0.25, -0.2) is 0 Å². The molecule has 0 aliphatic heterocycles. The number of nitrogens with zero attached hydrogens (tertiary/aromatic N) is 3. The van der Waals surface area contributed by atoms with Crippen molar-refractivity contribution in [1.29, 1.82) is 0 Å². The molecule has 0 fully saturated rings. The highest BCUT2D eigenvalue weighted by Crippen LogP contribution is 2.21. The van der Waals surface area contributed by atoms with Crippen molar-refractivity contribution in [2.45, 2.75) is 20.4 Å². The summed E-state index contributed by atoms with van der Waals surface area (Å²) in [6.07, 6.45) is 3.43. The van der Waals surface area contributed by atoms with Gasteiger partial charge in [0.05, 0.1) is 29.0 Å². The summed E-state index contributed by atoms with van der Waals surface area (Å²) >= 11 is 11.9. The lowest BCUT2D eigenvalue weighted by Gasteiger charge is -2.17. The van der Waals surface area contributed by atoms with Gasteiger partial charge in [-0.3, -0.25) is 9.48 Å². The van der Waals surface area contributed by atoms with E-state index in [1.54, 1.807) is 30.6 Å². The molecule has 2 aromatic rings. The normalized spacial score (nSPS) is 11.0. The van der Waals surface area contributed by atoms with Crippen molar-refractivity contribution in [3.63, 3.8) is 0 Å². The van der Waals surface area contributed by atoms with Gasteiger partial charge in [0.15, 0.2) is 0 Å². The first-order valence-electron chi connectivity index (χ1n) is 7.54. The third-order valence-electron chi connectivity index (χ3n) is 3.60. The Bertz CT molecular complexity index is 668. The fraction of sp³-hybridized carbons (Fsp3) is 0.375. The summed E-state index contributed by atoms with van der Waals surface area (Å²) in [5, 5.41) is 7.87. The van der Waals surface area contributed by atoms with Crippen LogP contribution in [-0.4, -0.2) is 40.2 Å². The van der Waals surface area contributed by atoms with E-state index < -0.39 is 0 Å². The van der Waals surface area contributed by atoms with Crippen LogP contribution < -0.4 is 5.32 Å². The van der Waals surface area contributed by atoms with E-state index in [4.69, 9.17) is 23.2 Å². The molecule has 0 radical (unpaired) electrons. The minimum absolute atomic E-state index is 0.305. The van der Waals surface area contributed by atoms with E-state index in [2.05, 4.69) is 29.2 Å². The Labute approximate surface area is 146 Å². The second-order valence-electron chi connectivity index (χ2n) is 5.10. The zero-order valence-electron chi connectivity index (χ0n) is 13.2. The van der Waals surface area contributed by atoms with Crippen LogP contribution in [0.2, 0.25) is 10.0 Å². The molecule has 1 N–H and O–H groups in total. The van der Waals surface area contributed by atoms with E-state index in [-0.39, 0.29) is 5.91 Å². The quantitative estimate of drug-likeness (QED) is 0.822. The van der Waals surface area contributed by atoms with Gasteiger partial charge < -0.3 is 10.2 Å². The minimum atomic E-state index is -0.305. The van der Waals surface area contributed by atoms with Crippen LogP contribution in [0.5, 0.6) is 0 Å². The SMILES string of the molecule is CCN(CC)CCn1cc(NC(=O)c2cc(Cl)ccc2Cl)cn1. The summed E-state index contributed by atoms with van der Waals surface area (Å²) < 4.78 is 1.81. The second kappa shape index (κ2) is 8.34. The van der Waals surface area contributed by atoms with Crippen molar-refractivity contribution < 1.29 is 4.79 Å². The number of halogens is 2. The minimum Gasteiger partial charge on any atom is -0.319 e. The van der Waals surface area contributed by atoms with Crippen molar-refractivity contribution >= 4 is 34.8 Å². The molecular weight excluding hydrogens is 335 g/mol. The average molecular weight is 355 g/mol. The summed E-state index contributed by atoms with van der Waals surface area (Å²) in [5.41, 5.74) is 0.973. The summed E-state index contributed by atoms with van der Waals surface area (Å²) in [6.45, 7) is 7.97. The number of nitrogens with one attached hydrogen (secondary N) is 1. The van der Waals surface area contributed by atoms with Crippen LogP contribution in [0.15, 0.2) is 30.6 Å². The number of hydrogen-bond acceptors (Lipinski definition) is 3. The molecule has 0 saturated carbocycles. The van der Waals surface area contributed by atoms with Crippen LogP contribution in [0.4, 0.5) is 5.69 Å². The highest BCUT2D eigenvalue weighted by atomic mass is 35.5. The van der Waals surface area contributed by atoms with Crippen LogP contribution in [0, 0.1) is 0 Å². The van der Waals surface area contributed by atoms with Gasteiger partial charge in [-0.1, -0.05) is 37.0 Å². The van der Waals surface area contributed by atoms with Gasteiger partial charge in [0.25, 0.3) is 5.91 Å². The number of rotatable bonds is 7. The molecule has 0 bridgehead atoms. The smallest absolute Gasteiger partial charge is 0.257 e. The third kappa shape index (κ3) is 4.96. The molecule has 0 unspecified atom stereocenters. The molecule has 0 saturated heterocycles. The zero-order chi connectivity index (χ0) is 16.8. The first kappa shape index (κ1) is 17.8. The number of carbonyl (C=O) groups is 1. The molecule has 0 spiro atoms. The first-order chi connectivity index (χ1) is 11.0. The molecule has 5 nitrogen and oxygen atoms in total. The maximum Gasteiger partial charge on any atom is 0.257 e. The zero-order valence-corrected chi connectivity index (χ0v) is 14.7. The van der Waals surface area contributed by atoms with E-state index in [1.165, 1.54) is 0 Å². The van der Waals surface area contributed by atoms with Crippen LogP contribution in [-0.2, 0) is 6.54 Å². The largest absolute Gasteiger partial charge is 0.319 e. The summed E-state index contributed by atoms with van der Waals surface area (Å²) in [7, 11) is 0. The summed E-state index contributed by atoms with van der Waals surface area (Å²) in [4.78, 5) is 14.6. The number of aromatic nitrogens is 2. The predicted molar refractivity (Wildman–Crippen MR) is 94.4 cm³/mol. The molecule has 0 atom stereocenters. The number of carbonyl (C=O) groups excluding carboxylic acids is 1. The predicted octanol–water partition coefficient (Wildman–Crippen LogP) is 3.78. The van der Waals surface area contributed by atoms with Gasteiger partial charge in [-0.05, 0) is 31.3 Å². The number of hydrogen-bond donors (Lipinski definition) is 1. The number of benzene rings is 1. The van der Waals surface area contributed by atoms with Gasteiger partial charge >= 0.3 is 0 Å². The maximum absolute atomic E-state index is 12.3. The fourth-order valence-corrected chi connectivity index (χ4v) is 2.58. The molecular formula is C16H20Cl2N4O. The lowest BCUT2D eigenvalue weighted by Crippen LogP contribution is -2.27. The van der Waals surface area contributed by atoms with Gasteiger partial charge in [0.2, 0.25) is 0 Å². The second-order valence-corrected chi connectivity index (χ2v) is 5.94. The molecule has 23 heavy (non-hydrogen) atoms. The third-order valence-corrected chi connectivity index (χ3v) is 4.17. The number of anilines is 1. The van der Waals surface area contributed by atoms with Gasteiger partial charge in [-0.15, -0.1) is 0 Å². The Morgan fingerprint density at radius 1 is 1.30 bits per heavy atom. The van der Waals surface area contributed by atoms with Crippen molar-refractivity contribution in [3.8, 4) is 0 Å². The highest BCUT2D eigenvalue weighted by Gasteiger charge is 2.12. The molecule has 1 amide bonds. The highest BCUT2D eigenvalue weighted by molar-refractivity contribution is 6.36. The molecule has 0 aliphatic rings. The van der Waals surface area contributed by atoms with E-state index in [1.807, 2.05) is 4.68 Å². The van der Waals surface area contributed by atoms with Crippen LogP contribution >= 0.6 is 23.2 Å². The van der Waals surface area contributed by atoms with Crippen LogP contribution in [0.1, 0.15) is 24.2 Å². The summed E-state index contributed by atoms with van der Waals surface area (Å²) in [6, 6.07) is 4.79. The molecule has 0 aliphatic carbocycles. The van der Waals surface area contributed by atoms with E-state index in [0.717, 1.165) is 26.2 Å². The summed E-state index contributed by atoms with van der Waals surface area (Å²) in [5.74, 6) is -0.305. The van der Waals surface area contributed by atoms with Crippen LogP contribution in [0.25, 0.3) is 0 Å². The average Bonchev–Trinajstić information content (AvgIpc) is 2.98. The molecule has 2 rings (SSSR count). The van der Waals surface area contributed by atoms with Crippen LogP contribution in [0.3, 0.4) is 0 Å². The van der Waals surface area contributed by atoms with E-state index in [9.17, 15) is 4.79 Å². The Morgan fingerprint density at radius 2 is 2.04 bits per heavy atom. The lowest BCUT2D eigenvalue weighted by atomic mass is 10.2. The van der Waals surface area contributed by atoms with Gasteiger partial charge in [-0.2, -0.15) is 5.10 Å². The molecule has 1 aromatic heterocycles. The standard InChI is InChI=1S/C16H20Cl2N4O/c1-3-21(4-2)7-8-22-11-13(10-19-22)20-16(23)14-9-12(17)5-6-15(14)18/h5-6,9-11H,3-4,7-8H2,1-2H3,(H,20,23). The number of likely N-dealkylation sites (N-methyl/N-ethyl adjacent to an activating group) is 1. The van der Waals surface area contributed by atoms with Crippen molar-refractivity contribution in [2.24, 2.45) is 0 Å². The van der Waals surface area contributed by atoms with Crippen molar-refractivity contribution in [3.05, 3.63) is 46.2 Å². The monoisotopic (exact) mass is 354 g/mol. The van der Waals surface area contributed by atoms with E-state index >= 15 is 0 Å². The number of amides is 1. The fourth-order valence-electron chi connectivity index (χ4n) is 2.20. The van der Waals surface area contributed by atoms with Crippen molar-refractivity contribution in [1.82, 2.24) is 14.7 Å². The molecule has 1 aromatic carbocycles. The maximum atomic E-state index is 12.3. The van der Waals surface area contributed by atoms with E-state index in [0.29, 0.717) is 21.3 Å². The molecule has 1 heterocycles. The van der Waals surface area contributed by atoms with Crippen molar-refractivity contribution in [2.75, 3.05) is 25.0 Å². The van der Waals surface area contributed by atoms with Gasteiger partial charge in [0, 0.05) is 17.8 Å². The molecule has 7 heteroatoms. The Balaban J connectivity index is 1.98. The van der Waals surface area contributed by atoms with Gasteiger partial charge in [0.1, 0.15) is 0 Å². The lowest BCUT2D eigenvalue weighted by molar-refractivity contribution is 0.102.